The summed E-state index contributed by atoms with van der Waals surface area (Å²) in [5.41, 5.74) is 2.10. The van der Waals surface area contributed by atoms with E-state index in [1.807, 2.05) is 0 Å². The Bertz CT molecular complexity index is 440. The maximum Gasteiger partial charge on any atom is 0.237 e. The minimum Gasteiger partial charge on any atom is -0.381 e. The second kappa shape index (κ2) is 5.71. The van der Waals surface area contributed by atoms with Crippen LogP contribution in [0.15, 0.2) is 6.33 Å². The smallest absolute Gasteiger partial charge is 0.237 e. The molecule has 1 amide bonds. The predicted octanol–water partition coefficient (Wildman–Crippen LogP) is -0.0332. The molecule has 0 aromatic carbocycles. The number of carbonyl (C=O) groups is 1. The van der Waals surface area contributed by atoms with Crippen LogP contribution in [0.4, 0.5) is 0 Å². The van der Waals surface area contributed by atoms with Crippen molar-refractivity contribution in [3.63, 3.8) is 0 Å². The number of hydrogen-bond donors (Lipinski definition) is 3. The van der Waals surface area contributed by atoms with Crippen molar-refractivity contribution in [1.29, 1.82) is 0 Å². The van der Waals surface area contributed by atoms with Gasteiger partial charge in [-0.05, 0) is 18.8 Å². The normalized spacial score (nSPS) is 23.9. The third kappa shape index (κ3) is 2.96. The molecule has 3 heterocycles. The number of amides is 1. The van der Waals surface area contributed by atoms with Crippen LogP contribution in [0.3, 0.4) is 0 Å². The number of H-pyrrole nitrogens is 1. The SMILES string of the molecule is O=C(NCC1CCOCC1)C1Cc2nc[nH]c2CN1. The Kier molecular flexibility index (Phi) is 3.79. The summed E-state index contributed by atoms with van der Waals surface area (Å²) >= 11 is 0. The van der Waals surface area contributed by atoms with E-state index >= 15 is 0 Å². The van der Waals surface area contributed by atoms with Gasteiger partial charge >= 0.3 is 0 Å². The number of carbonyl (C=O) groups excluding carboxylic acids is 1. The summed E-state index contributed by atoms with van der Waals surface area (Å²) < 4.78 is 5.32. The molecule has 2 aliphatic heterocycles. The lowest BCUT2D eigenvalue weighted by Crippen LogP contribution is -2.48. The molecule has 1 aromatic rings. The number of nitrogens with zero attached hydrogens (tertiary/aromatic N) is 1. The Balaban J connectivity index is 1.48. The van der Waals surface area contributed by atoms with Gasteiger partial charge in [-0.2, -0.15) is 0 Å². The van der Waals surface area contributed by atoms with E-state index in [-0.39, 0.29) is 11.9 Å². The molecule has 1 aromatic heterocycles. The highest BCUT2D eigenvalue weighted by Crippen LogP contribution is 2.14. The van der Waals surface area contributed by atoms with Gasteiger partial charge in [0, 0.05) is 32.7 Å². The zero-order valence-electron chi connectivity index (χ0n) is 10.9. The predicted molar refractivity (Wildman–Crippen MR) is 69.5 cm³/mol. The monoisotopic (exact) mass is 264 g/mol. The van der Waals surface area contributed by atoms with Crippen LogP contribution in [-0.4, -0.2) is 41.7 Å². The summed E-state index contributed by atoms with van der Waals surface area (Å²) in [4.78, 5) is 19.5. The van der Waals surface area contributed by atoms with Gasteiger partial charge in [0.05, 0.1) is 23.8 Å². The van der Waals surface area contributed by atoms with Crippen LogP contribution < -0.4 is 10.6 Å². The van der Waals surface area contributed by atoms with Crippen LogP contribution in [0, 0.1) is 5.92 Å². The Morgan fingerprint density at radius 2 is 2.32 bits per heavy atom. The zero-order chi connectivity index (χ0) is 13.1. The van der Waals surface area contributed by atoms with E-state index in [9.17, 15) is 4.79 Å². The Hall–Kier alpha value is -1.40. The molecule has 3 rings (SSSR count). The fourth-order valence-electron chi connectivity index (χ4n) is 2.67. The van der Waals surface area contributed by atoms with Crippen molar-refractivity contribution in [3.8, 4) is 0 Å². The van der Waals surface area contributed by atoms with Gasteiger partial charge in [-0.25, -0.2) is 4.98 Å². The largest absolute Gasteiger partial charge is 0.381 e. The Morgan fingerprint density at radius 1 is 1.47 bits per heavy atom. The van der Waals surface area contributed by atoms with Crippen molar-refractivity contribution < 1.29 is 9.53 Å². The summed E-state index contributed by atoms with van der Waals surface area (Å²) in [5, 5.41) is 6.29. The van der Waals surface area contributed by atoms with Gasteiger partial charge in [-0.1, -0.05) is 0 Å². The summed E-state index contributed by atoms with van der Waals surface area (Å²) in [7, 11) is 0. The van der Waals surface area contributed by atoms with E-state index in [0.717, 1.165) is 44.0 Å². The highest BCUT2D eigenvalue weighted by molar-refractivity contribution is 5.82. The molecule has 1 saturated heterocycles. The van der Waals surface area contributed by atoms with Crippen molar-refractivity contribution in [2.75, 3.05) is 19.8 Å². The Labute approximate surface area is 112 Å². The molecular weight excluding hydrogens is 244 g/mol. The van der Waals surface area contributed by atoms with Gasteiger partial charge < -0.3 is 15.0 Å². The van der Waals surface area contributed by atoms with Gasteiger partial charge in [0.1, 0.15) is 0 Å². The average Bonchev–Trinajstić information content (AvgIpc) is 2.93. The maximum absolute atomic E-state index is 12.1. The lowest BCUT2D eigenvalue weighted by Gasteiger charge is -2.25. The number of aromatic nitrogens is 2. The van der Waals surface area contributed by atoms with Gasteiger partial charge in [0.15, 0.2) is 0 Å². The van der Waals surface area contributed by atoms with E-state index < -0.39 is 0 Å². The average molecular weight is 264 g/mol. The third-order valence-corrected chi connectivity index (χ3v) is 3.95. The minimum absolute atomic E-state index is 0.0835. The molecule has 104 valence electrons. The molecule has 3 N–H and O–H groups in total. The highest BCUT2D eigenvalue weighted by atomic mass is 16.5. The summed E-state index contributed by atoms with van der Waals surface area (Å²) in [6.07, 6.45) is 4.44. The Morgan fingerprint density at radius 3 is 3.16 bits per heavy atom. The third-order valence-electron chi connectivity index (χ3n) is 3.95. The topological polar surface area (TPSA) is 79.0 Å². The van der Waals surface area contributed by atoms with E-state index in [0.29, 0.717) is 18.9 Å². The summed E-state index contributed by atoms with van der Waals surface area (Å²) in [6, 6.07) is -0.157. The highest BCUT2D eigenvalue weighted by Gasteiger charge is 2.26. The number of aromatic amines is 1. The van der Waals surface area contributed by atoms with E-state index in [4.69, 9.17) is 4.74 Å². The molecule has 1 fully saturated rings. The number of fused-ring (bicyclic) bond motifs is 1. The first-order valence-corrected chi connectivity index (χ1v) is 6.93. The molecule has 1 unspecified atom stereocenters. The first-order valence-electron chi connectivity index (χ1n) is 6.93. The molecular formula is C13H20N4O2. The number of hydrogen-bond acceptors (Lipinski definition) is 4. The van der Waals surface area contributed by atoms with Crippen LogP contribution in [0.1, 0.15) is 24.2 Å². The second-order valence-electron chi connectivity index (χ2n) is 5.27. The summed E-state index contributed by atoms with van der Waals surface area (Å²) in [5.74, 6) is 0.641. The minimum atomic E-state index is -0.157. The van der Waals surface area contributed by atoms with Gasteiger partial charge in [-0.3, -0.25) is 10.1 Å². The van der Waals surface area contributed by atoms with Crippen LogP contribution in [0.2, 0.25) is 0 Å². The summed E-state index contributed by atoms with van der Waals surface area (Å²) in [6.45, 7) is 3.08. The molecule has 6 nitrogen and oxygen atoms in total. The fraction of sp³-hybridized carbons (Fsp3) is 0.692. The first-order chi connectivity index (χ1) is 9.33. The van der Waals surface area contributed by atoms with Crippen molar-refractivity contribution in [2.24, 2.45) is 5.92 Å². The maximum atomic E-state index is 12.1. The molecule has 6 heteroatoms. The lowest BCUT2D eigenvalue weighted by molar-refractivity contribution is -0.123. The van der Waals surface area contributed by atoms with Crippen molar-refractivity contribution in [3.05, 3.63) is 17.7 Å². The lowest BCUT2D eigenvalue weighted by atomic mass is 9.99. The standard InChI is InChI=1S/C13H20N4O2/c18-13(15-6-9-1-3-19-4-2-9)11-5-10-12(7-14-11)17-8-16-10/h8-9,11,14H,1-7H2,(H,15,18)(H,16,17). The van der Waals surface area contributed by atoms with E-state index in [1.54, 1.807) is 6.33 Å². The molecule has 0 bridgehead atoms. The molecule has 1 atom stereocenters. The van der Waals surface area contributed by atoms with Gasteiger partial charge in [-0.15, -0.1) is 0 Å². The van der Waals surface area contributed by atoms with Crippen LogP contribution >= 0.6 is 0 Å². The van der Waals surface area contributed by atoms with Crippen molar-refractivity contribution in [2.45, 2.75) is 31.8 Å². The van der Waals surface area contributed by atoms with Gasteiger partial charge in [0.25, 0.3) is 0 Å². The number of ether oxygens (including phenoxy) is 1. The molecule has 2 aliphatic rings. The molecule has 0 saturated carbocycles. The van der Waals surface area contributed by atoms with Crippen LogP contribution in [0.25, 0.3) is 0 Å². The fourth-order valence-corrected chi connectivity index (χ4v) is 2.67. The number of imidazole rings is 1. The molecule has 0 aliphatic carbocycles. The number of rotatable bonds is 3. The van der Waals surface area contributed by atoms with Gasteiger partial charge in [0.2, 0.25) is 5.91 Å². The van der Waals surface area contributed by atoms with Crippen molar-refractivity contribution in [1.82, 2.24) is 20.6 Å². The first kappa shape index (κ1) is 12.6. The zero-order valence-corrected chi connectivity index (χ0v) is 10.9. The van der Waals surface area contributed by atoms with E-state index in [2.05, 4.69) is 20.6 Å². The molecule has 0 spiro atoms. The van der Waals surface area contributed by atoms with Crippen LogP contribution in [-0.2, 0) is 22.5 Å². The molecule has 19 heavy (non-hydrogen) atoms. The quantitative estimate of drug-likeness (QED) is 0.716. The van der Waals surface area contributed by atoms with E-state index in [1.165, 1.54) is 0 Å². The number of nitrogens with one attached hydrogen (secondary N) is 3. The van der Waals surface area contributed by atoms with Crippen molar-refractivity contribution >= 4 is 5.91 Å². The molecule has 0 radical (unpaired) electrons. The van der Waals surface area contributed by atoms with Crippen LogP contribution in [0.5, 0.6) is 0 Å². The second-order valence-corrected chi connectivity index (χ2v) is 5.27.